The molecule has 1 rings (SSSR count). The number of alkyl carbamates (subject to hydrolysis) is 1. The van der Waals surface area contributed by atoms with E-state index in [-0.39, 0.29) is 17.7 Å². The molecule has 37 heavy (non-hydrogen) atoms. The van der Waals surface area contributed by atoms with E-state index >= 15 is 0 Å². The lowest BCUT2D eigenvalue weighted by Gasteiger charge is -2.45. The minimum Gasteiger partial charge on any atom is -0.444 e. The van der Waals surface area contributed by atoms with Crippen molar-refractivity contribution in [2.45, 2.75) is 125 Å². The second kappa shape index (κ2) is 14.4. The Balaban J connectivity index is 3.61. The Kier molecular flexibility index (Phi) is 12.6. The molecule has 0 spiro atoms. The number of amides is 3. The average molecular weight is 518 g/mol. The van der Waals surface area contributed by atoms with Crippen LogP contribution in [0.2, 0.25) is 0 Å². The number of aryl methyl sites for hydroxylation is 1. The summed E-state index contributed by atoms with van der Waals surface area (Å²) in [5.74, 6) is -0.662. The summed E-state index contributed by atoms with van der Waals surface area (Å²) < 4.78 is 5.49. The Morgan fingerprint density at radius 1 is 1.00 bits per heavy atom. The van der Waals surface area contributed by atoms with Gasteiger partial charge in [-0.2, -0.15) is 0 Å². The van der Waals surface area contributed by atoms with Crippen LogP contribution in [-0.2, 0) is 14.3 Å². The number of carbonyl (C=O) groups excluding carboxylic acids is 3. The number of ether oxygens (including phenoxy) is 1. The number of nitrogens with one attached hydrogen (secondary N) is 2. The van der Waals surface area contributed by atoms with Gasteiger partial charge >= 0.3 is 6.09 Å². The number of benzene rings is 1. The average Bonchev–Trinajstić information content (AvgIpc) is 2.82. The van der Waals surface area contributed by atoms with Crippen molar-refractivity contribution < 1.29 is 19.1 Å². The van der Waals surface area contributed by atoms with Crippen LogP contribution in [-0.4, -0.2) is 46.5 Å². The summed E-state index contributed by atoms with van der Waals surface area (Å²) >= 11 is 0. The minimum absolute atomic E-state index is 0.166. The van der Waals surface area contributed by atoms with Crippen molar-refractivity contribution in [3.63, 3.8) is 0 Å². The fraction of sp³-hybridized carbons (Fsp3) is 0.700. The predicted octanol–water partition coefficient (Wildman–Crippen LogP) is 6.30. The van der Waals surface area contributed by atoms with Crippen LogP contribution in [0.4, 0.5) is 4.79 Å². The standard InChI is InChI=1S/C30H51N3O4/c1-11-14-17-20-31-26(34)25(23-19-16-15-18-22(23)5)33(30(9,10)13-3)27(35)24(21(4)12-2)32-28(36)37-29(6,7)8/h15-16,18-19,21,24-25H,11-14,17,20H2,1-10H3,(H,31,34)(H,32,36). The van der Waals surface area contributed by atoms with E-state index < -0.39 is 29.3 Å². The molecule has 1 aromatic carbocycles. The topological polar surface area (TPSA) is 87.7 Å². The minimum atomic E-state index is -0.843. The smallest absolute Gasteiger partial charge is 0.408 e. The molecule has 0 radical (unpaired) electrons. The summed E-state index contributed by atoms with van der Waals surface area (Å²) in [5, 5.41) is 5.92. The van der Waals surface area contributed by atoms with E-state index in [2.05, 4.69) is 17.6 Å². The second-order valence-corrected chi connectivity index (χ2v) is 11.6. The van der Waals surface area contributed by atoms with E-state index in [9.17, 15) is 14.4 Å². The Labute approximate surface area is 225 Å². The molecule has 2 N–H and O–H groups in total. The third-order valence-electron chi connectivity index (χ3n) is 6.98. The monoisotopic (exact) mass is 517 g/mol. The molecule has 0 aliphatic carbocycles. The van der Waals surface area contributed by atoms with Gasteiger partial charge in [0.1, 0.15) is 17.7 Å². The highest BCUT2D eigenvalue weighted by Gasteiger charge is 2.44. The zero-order chi connectivity index (χ0) is 28.4. The van der Waals surface area contributed by atoms with Gasteiger partial charge < -0.3 is 20.3 Å². The summed E-state index contributed by atoms with van der Waals surface area (Å²) in [6.45, 7) is 19.9. The van der Waals surface area contributed by atoms with Gasteiger partial charge in [-0.1, -0.05) is 71.2 Å². The maximum atomic E-state index is 14.4. The van der Waals surface area contributed by atoms with E-state index in [4.69, 9.17) is 4.74 Å². The SMILES string of the molecule is CCCCCNC(=O)C(c1ccccc1C)N(C(=O)C(NC(=O)OC(C)(C)C)C(C)CC)C(C)(C)CC. The van der Waals surface area contributed by atoms with Crippen LogP contribution in [0.25, 0.3) is 0 Å². The van der Waals surface area contributed by atoms with Crippen molar-refractivity contribution in [2.24, 2.45) is 5.92 Å². The maximum absolute atomic E-state index is 14.4. The zero-order valence-electron chi connectivity index (χ0n) is 24.9. The normalized spacial score (nSPS) is 14.3. The molecule has 7 heteroatoms. The third kappa shape index (κ3) is 9.67. The first-order chi connectivity index (χ1) is 17.2. The second-order valence-electron chi connectivity index (χ2n) is 11.6. The summed E-state index contributed by atoms with van der Waals surface area (Å²) in [6.07, 6.45) is 3.61. The van der Waals surface area contributed by atoms with E-state index in [0.29, 0.717) is 19.4 Å². The number of rotatable bonds is 13. The highest BCUT2D eigenvalue weighted by molar-refractivity contribution is 5.93. The first-order valence-electron chi connectivity index (χ1n) is 13.9. The first-order valence-corrected chi connectivity index (χ1v) is 13.9. The lowest BCUT2D eigenvalue weighted by Crippen LogP contribution is -2.60. The van der Waals surface area contributed by atoms with Gasteiger partial charge in [-0.25, -0.2) is 4.79 Å². The molecule has 0 saturated heterocycles. The quantitative estimate of drug-likeness (QED) is 0.301. The Hall–Kier alpha value is -2.57. The van der Waals surface area contributed by atoms with Crippen molar-refractivity contribution in [3.8, 4) is 0 Å². The molecule has 3 atom stereocenters. The number of hydrogen-bond donors (Lipinski definition) is 2. The number of unbranched alkanes of at least 4 members (excludes halogenated alkanes) is 2. The molecule has 0 aliphatic heterocycles. The molecule has 0 bridgehead atoms. The zero-order valence-corrected chi connectivity index (χ0v) is 24.9. The summed E-state index contributed by atoms with van der Waals surface area (Å²) in [4.78, 5) is 42.7. The van der Waals surface area contributed by atoms with Crippen LogP contribution in [0.3, 0.4) is 0 Å². The third-order valence-corrected chi connectivity index (χ3v) is 6.98. The first kappa shape index (κ1) is 32.5. The van der Waals surface area contributed by atoms with E-state index in [1.165, 1.54) is 0 Å². The van der Waals surface area contributed by atoms with Gasteiger partial charge in [0.25, 0.3) is 0 Å². The van der Waals surface area contributed by atoms with Gasteiger partial charge in [0.15, 0.2) is 0 Å². The lowest BCUT2D eigenvalue weighted by atomic mass is 9.88. The molecule has 1 aromatic rings. The molecule has 0 heterocycles. The number of nitrogens with zero attached hydrogens (tertiary/aromatic N) is 1. The molecule has 7 nitrogen and oxygen atoms in total. The van der Waals surface area contributed by atoms with Crippen LogP contribution in [0, 0.1) is 12.8 Å². The predicted molar refractivity (Wildman–Crippen MR) is 150 cm³/mol. The van der Waals surface area contributed by atoms with Crippen LogP contribution < -0.4 is 10.6 Å². The van der Waals surface area contributed by atoms with Gasteiger partial charge in [0.2, 0.25) is 11.8 Å². The molecule has 3 unspecified atom stereocenters. The van der Waals surface area contributed by atoms with Gasteiger partial charge in [0, 0.05) is 12.1 Å². The fourth-order valence-electron chi connectivity index (χ4n) is 4.19. The maximum Gasteiger partial charge on any atom is 0.408 e. The highest BCUT2D eigenvalue weighted by Crippen LogP contribution is 2.34. The van der Waals surface area contributed by atoms with E-state index in [1.807, 2.05) is 65.8 Å². The van der Waals surface area contributed by atoms with Crippen molar-refractivity contribution in [3.05, 3.63) is 35.4 Å². The van der Waals surface area contributed by atoms with E-state index in [0.717, 1.165) is 30.4 Å². The molecule has 0 fully saturated rings. The van der Waals surface area contributed by atoms with Crippen LogP contribution in [0.5, 0.6) is 0 Å². The Morgan fingerprint density at radius 3 is 2.14 bits per heavy atom. The summed E-state index contributed by atoms with van der Waals surface area (Å²) in [7, 11) is 0. The van der Waals surface area contributed by atoms with Gasteiger partial charge in [0.05, 0.1) is 0 Å². The van der Waals surface area contributed by atoms with Gasteiger partial charge in [-0.3, -0.25) is 9.59 Å². The van der Waals surface area contributed by atoms with Crippen LogP contribution in [0.1, 0.15) is 112 Å². The van der Waals surface area contributed by atoms with Crippen LogP contribution in [0.15, 0.2) is 24.3 Å². The van der Waals surface area contributed by atoms with Gasteiger partial charge in [-0.15, -0.1) is 0 Å². The lowest BCUT2D eigenvalue weighted by molar-refractivity contribution is -0.150. The number of hydrogen-bond acceptors (Lipinski definition) is 4. The molecule has 0 aliphatic rings. The van der Waals surface area contributed by atoms with Crippen molar-refractivity contribution in [2.75, 3.05) is 6.54 Å². The molecular weight excluding hydrogens is 466 g/mol. The highest BCUT2D eigenvalue weighted by atomic mass is 16.6. The van der Waals surface area contributed by atoms with Crippen LogP contribution >= 0.6 is 0 Å². The van der Waals surface area contributed by atoms with E-state index in [1.54, 1.807) is 25.7 Å². The molecular formula is C30H51N3O4. The Morgan fingerprint density at radius 2 is 1.62 bits per heavy atom. The van der Waals surface area contributed by atoms with Crippen molar-refractivity contribution >= 4 is 17.9 Å². The van der Waals surface area contributed by atoms with Crippen molar-refractivity contribution in [1.29, 1.82) is 0 Å². The fourth-order valence-corrected chi connectivity index (χ4v) is 4.19. The van der Waals surface area contributed by atoms with Crippen molar-refractivity contribution in [1.82, 2.24) is 15.5 Å². The molecule has 3 amide bonds. The molecule has 0 saturated carbocycles. The Bertz CT molecular complexity index is 891. The van der Waals surface area contributed by atoms with Gasteiger partial charge in [-0.05, 0) is 71.4 Å². The summed E-state index contributed by atoms with van der Waals surface area (Å²) in [5.41, 5.74) is 0.357. The molecule has 0 aromatic heterocycles. The molecule has 210 valence electrons. The number of carbonyl (C=O) groups is 3. The largest absolute Gasteiger partial charge is 0.444 e. The summed E-state index contributed by atoms with van der Waals surface area (Å²) in [6, 6.07) is 6.02.